The predicted molar refractivity (Wildman–Crippen MR) is 105 cm³/mol. The van der Waals surface area contributed by atoms with Crippen molar-refractivity contribution in [2.75, 3.05) is 12.4 Å². The second-order valence-corrected chi connectivity index (χ2v) is 7.76. The molecule has 0 heterocycles. The number of carbonyl (C=O) groups is 2. The second kappa shape index (κ2) is 9.62. The molecule has 3 rings (SSSR count). The van der Waals surface area contributed by atoms with Gasteiger partial charge in [-0.3, -0.25) is 9.59 Å². The van der Waals surface area contributed by atoms with Crippen LogP contribution in [0.2, 0.25) is 0 Å². The zero-order chi connectivity index (χ0) is 18.2. The fourth-order valence-electron chi connectivity index (χ4n) is 3.28. The van der Waals surface area contributed by atoms with Crippen LogP contribution < -0.4 is 5.32 Å². The molecule has 0 bridgehead atoms. The monoisotopic (exact) mass is 371 g/mol. The summed E-state index contributed by atoms with van der Waals surface area (Å²) in [7, 11) is 0. The van der Waals surface area contributed by atoms with Gasteiger partial charge in [-0.1, -0.05) is 56.0 Å². The summed E-state index contributed by atoms with van der Waals surface area (Å²) in [6.45, 7) is -0.187. The number of nitrogens with one attached hydrogen (secondary N) is 1. The maximum Gasteiger partial charge on any atom is 0.316 e. The van der Waals surface area contributed by atoms with Crippen LogP contribution >= 0.6 is 11.8 Å². The lowest BCUT2D eigenvalue weighted by atomic mass is 10.1. The minimum atomic E-state index is -0.362. The van der Waals surface area contributed by atoms with Crippen LogP contribution in [0.5, 0.6) is 0 Å². The molecule has 1 saturated carbocycles. The Bertz CT molecular complexity index is 754. The van der Waals surface area contributed by atoms with Crippen molar-refractivity contribution in [3.05, 3.63) is 42.5 Å². The first-order valence-corrected chi connectivity index (χ1v) is 10.3. The van der Waals surface area contributed by atoms with E-state index < -0.39 is 0 Å². The van der Waals surface area contributed by atoms with Gasteiger partial charge in [-0.15, -0.1) is 11.8 Å². The fraction of sp³-hybridized carbons (Fsp3) is 0.429. The van der Waals surface area contributed by atoms with E-state index in [0.717, 1.165) is 36.0 Å². The summed E-state index contributed by atoms with van der Waals surface area (Å²) in [5, 5.41) is 5.31. The largest absolute Gasteiger partial charge is 0.455 e. The summed E-state index contributed by atoms with van der Waals surface area (Å²) in [5.41, 5.74) is 0. The van der Waals surface area contributed by atoms with Gasteiger partial charge in [0.15, 0.2) is 6.61 Å². The molecule has 2 aromatic carbocycles. The number of rotatable bonds is 6. The molecule has 1 aliphatic rings. The van der Waals surface area contributed by atoms with E-state index in [4.69, 9.17) is 4.74 Å². The number of carbonyl (C=O) groups excluding carboxylic acids is 2. The van der Waals surface area contributed by atoms with Crippen LogP contribution in [0.15, 0.2) is 47.4 Å². The molecule has 0 unspecified atom stereocenters. The molecule has 0 radical (unpaired) electrons. The molecule has 1 aliphatic carbocycles. The van der Waals surface area contributed by atoms with Crippen molar-refractivity contribution < 1.29 is 14.3 Å². The van der Waals surface area contributed by atoms with Crippen LogP contribution in [0.3, 0.4) is 0 Å². The minimum absolute atomic E-state index is 0.187. The zero-order valence-electron chi connectivity index (χ0n) is 14.9. The summed E-state index contributed by atoms with van der Waals surface area (Å²) < 4.78 is 5.11. The summed E-state index contributed by atoms with van der Waals surface area (Å²) in [5.74, 6) is -0.352. The van der Waals surface area contributed by atoms with Crippen LogP contribution in [-0.4, -0.2) is 30.3 Å². The highest BCUT2D eigenvalue weighted by Crippen LogP contribution is 2.23. The van der Waals surface area contributed by atoms with E-state index in [-0.39, 0.29) is 30.3 Å². The summed E-state index contributed by atoms with van der Waals surface area (Å²) >= 11 is 1.43. The van der Waals surface area contributed by atoms with Gasteiger partial charge in [-0.2, -0.15) is 0 Å². The first-order chi connectivity index (χ1) is 12.7. The third-order valence-corrected chi connectivity index (χ3v) is 5.63. The standard InChI is InChI=1S/C21H25NO3S/c23-20(22-18-9-3-1-2-4-10-18)14-25-21(24)15-26-19-12-11-16-7-5-6-8-17(16)13-19/h5-8,11-13,18H,1-4,9-10,14-15H2,(H,22,23). The molecule has 1 N–H and O–H groups in total. The Hall–Kier alpha value is -2.01. The van der Waals surface area contributed by atoms with Gasteiger partial charge in [0.25, 0.3) is 5.91 Å². The van der Waals surface area contributed by atoms with E-state index >= 15 is 0 Å². The highest BCUT2D eigenvalue weighted by molar-refractivity contribution is 8.00. The van der Waals surface area contributed by atoms with Gasteiger partial charge in [0.05, 0.1) is 5.75 Å². The normalized spacial score (nSPS) is 15.4. The molecular weight excluding hydrogens is 346 g/mol. The SMILES string of the molecule is O=C(COC(=O)CSc1ccc2ccccc2c1)NC1CCCCCC1. The van der Waals surface area contributed by atoms with E-state index in [2.05, 4.69) is 23.5 Å². The van der Waals surface area contributed by atoms with E-state index in [9.17, 15) is 9.59 Å². The van der Waals surface area contributed by atoms with Gasteiger partial charge in [-0.25, -0.2) is 0 Å². The topological polar surface area (TPSA) is 55.4 Å². The second-order valence-electron chi connectivity index (χ2n) is 6.71. The van der Waals surface area contributed by atoms with Crippen LogP contribution in [0.25, 0.3) is 10.8 Å². The van der Waals surface area contributed by atoms with Gasteiger partial charge in [0.2, 0.25) is 0 Å². The molecule has 0 spiro atoms. The van der Waals surface area contributed by atoms with Crippen molar-refractivity contribution in [1.29, 1.82) is 0 Å². The lowest BCUT2D eigenvalue weighted by Crippen LogP contribution is -2.37. The average molecular weight is 372 g/mol. The van der Waals surface area contributed by atoms with Crippen LogP contribution in [0, 0.1) is 0 Å². The first-order valence-electron chi connectivity index (χ1n) is 9.27. The molecule has 26 heavy (non-hydrogen) atoms. The van der Waals surface area contributed by atoms with Gasteiger partial charge < -0.3 is 10.1 Å². The molecular formula is C21H25NO3S. The van der Waals surface area contributed by atoms with Crippen molar-refractivity contribution in [2.24, 2.45) is 0 Å². The Labute approximate surface area is 158 Å². The first kappa shape index (κ1) is 18.8. The van der Waals surface area contributed by atoms with E-state index in [0.29, 0.717) is 0 Å². The maximum absolute atomic E-state index is 12.0. The molecule has 0 aliphatic heterocycles. The number of thioether (sulfide) groups is 1. The third-order valence-electron chi connectivity index (χ3n) is 4.66. The molecule has 138 valence electrons. The Morgan fingerprint density at radius 1 is 1.00 bits per heavy atom. The Morgan fingerprint density at radius 2 is 1.73 bits per heavy atom. The fourth-order valence-corrected chi connectivity index (χ4v) is 4.02. The van der Waals surface area contributed by atoms with Crippen LogP contribution in [-0.2, 0) is 14.3 Å². The smallest absolute Gasteiger partial charge is 0.316 e. The lowest BCUT2D eigenvalue weighted by molar-refractivity contribution is -0.146. The zero-order valence-corrected chi connectivity index (χ0v) is 15.7. The number of esters is 1. The molecule has 0 saturated heterocycles. The number of hydrogen-bond donors (Lipinski definition) is 1. The summed E-state index contributed by atoms with van der Waals surface area (Å²) in [6, 6.07) is 14.5. The van der Waals surface area contributed by atoms with E-state index in [1.807, 2.05) is 24.3 Å². The molecule has 1 amide bonds. The van der Waals surface area contributed by atoms with Crippen molar-refractivity contribution in [1.82, 2.24) is 5.32 Å². The van der Waals surface area contributed by atoms with Crippen LogP contribution in [0.1, 0.15) is 38.5 Å². The van der Waals surface area contributed by atoms with Crippen molar-refractivity contribution in [3.8, 4) is 0 Å². The van der Waals surface area contributed by atoms with Crippen molar-refractivity contribution in [2.45, 2.75) is 49.5 Å². The molecule has 1 fully saturated rings. The molecule has 2 aromatic rings. The summed E-state index contributed by atoms with van der Waals surface area (Å²) in [4.78, 5) is 24.9. The highest BCUT2D eigenvalue weighted by atomic mass is 32.2. The number of amides is 1. The predicted octanol–water partition coefficient (Wildman–Crippen LogP) is 4.31. The highest BCUT2D eigenvalue weighted by Gasteiger charge is 2.15. The Balaban J connectivity index is 1.39. The summed E-state index contributed by atoms with van der Waals surface area (Å²) in [6.07, 6.45) is 6.86. The number of ether oxygens (including phenoxy) is 1. The van der Waals surface area contributed by atoms with E-state index in [1.165, 1.54) is 30.0 Å². The van der Waals surface area contributed by atoms with Crippen molar-refractivity contribution in [3.63, 3.8) is 0 Å². The molecule has 5 heteroatoms. The van der Waals surface area contributed by atoms with E-state index in [1.54, 1.807) is 0 Å². The number of benzene rings is 2. The molecule has 4 nitrogen and oxygen atoms in total. The minimum Gasteiger partial charge on any atom is -0.455 e. The number of hydrogen-bond acceptors (Lipinski definition) is 4. The van der Waals surface area contributed by atoms with Gasteiger partial charge in [0, 0.05) is 10.9 Å². The Morgan fingerprint density at radius 3 is 2.50 bits per heavy atom. The third kappa shape index (κ3) is 5.77. The molecule has 0 atom stereocenters. The molecule has 0 aromatic heterocycles. The quantitative estimate of drug-likeness (QED) is 0.467. The average Bonchev–Trinajstić information content (AvgIpc) is 2.93. The Kier molecular flexibility index (Phi) is 6.95. The van der Waals surface area contributed by atoms with Gasteiger partial charge in [-0.05, 0) is 35.7 Å². The number of fused-ring (bicyclic) bond motifs is 1. The van der Waals surface area contributed by atoms with Crippen LogP contribution in [0.4, 0.5) is 0 Å². The van der Waals surface area contributed by atoms with Crippen molar-refractivity contribution >= 4 is 34.4 Å². The maximum atomic E-state index is 12.0. The van der Waals surface area contributed by atoms with Gasteiger partial charge in [0.1, 0.15) is 0 Å². The van der Waals surface area contributed by atoms with Gasteiger partial charge >= 0.3 is 5.97 Å². The lowest BCUT2D eigenvalue weighted by Gasteiger charge is -2.16.